The highest BCUT2D eigenvalue weighted by molar-refractivity contribution is 7.21. The van der Waals surface area contributed by atoms with Gasteiger partial charge in [0.2, 0.25) is 5.88 Å². The molecule has 3 heterocycles. The van der Waals surface area contributed by atoms with Crippen LogP contribution in [0.1, 0.15) is 29.9 Å². The Hall–Kier alpha value is -4.91. The van der Waals surface area contributed by atoms with Crippen molar-refractivity contribution in [2.75, 3.05) is 12.4 Å². The zero-order chi connectivity index (χ0) is 29.3. The average Bonchev–Trinajstić information content (AvgIpc) is 3.34. The van der Waals surface area contributed by atoms with Gasteiger partial charge in [0.05, 0.1) is 46.4 Å². The maximum atomic E-state index is 15.0. The molecule has 0 bridgehead atoms. The molecule has 2 atom stereocenters. The number of methoxy groups -OCH3 is 1. The van der Waals surface area contributed by atoms with Crippen LogP contribution in [0.5, 0.6) is 11.6 Å². The quantitative estimate of drug-likeness (QED) is 0.230. The van der Waals surface area contributed by atoms with Gasteiger partial charge in [0.15, 0.2) is 11.6 Å². The molecule has 0 radical (unpaired) electrons. The number of pyridine rings is 1. The minimum atomic E-state index is -1.18. The number of carbonyl (C=O) groups is 2. The Bertz CT molecular complexity index is 1780. The van der Waals surface area contributed by atoms with Gasteiger partial charge in [-0.15, -0.1) is 11.3 Å². The number of nitrogens with zero attached hydrogens (tertiary/aromatic N) is 4. The molecule has 0 aliphatic rings. The van der Waals surface area contributed by atoms with Gasteiger partial charge in [0.1, 0.15) is 22.9 Å². The van der Waals surface area contributed by atoms with Crippen LogP contribution in [-0.2, 0) is 4.74 Å². The van der Waals surface area contributed by atoms with E-state index in [0.29, 0.717) is 32.1 Å². The Labute approximate surface area is 237 Å². The molecule has 3 aromatic heterocycles. The number of aromatic carboxylic acids is 1. The average molecular weight is 578 g/mol. The first-order valence-corrected chi connectivity index (χ1v) is 13.2. The Morgan fingerprint density at radius 3 is 2.54 bits per heavy atom. The fourth-order valence-electron chi connectivity index (χ4n) is 3.95. The molecule has 0 aliphatic carbocycles. The van der Waals surface area contributed by atoms with E-state index >= 15 is 4.39 Å². The summed E-state index contributed by atoms with van der Waals surface area (Å²) < 4.78 is 32.1. The zero-order valence-corrected chi connectivity index (χ0v) is 23.2. The first kappa shape index (κ1) is 27.6. The summed E-state index contributed by atoms with van der Waals surface area (Å²) in [5, 5.41) is 12.0. The van der Waals surface area contributed by atoms with Gasteiger partial charge in [-0.05, 0) is 50.6 Å². The van der Waals surface area contributed by atoms with Crippen LogP contribution in [0.2, 0.25) is 0 Å². The fourth-order valence-corrected chi connectivity index (χ4v) is 4.94. The number of aryl methyl sites for hydroxylation is 1. The molecule has 0 saturated heterocycles. The number of carboxylic acid groups (broad SMARTS) is 1. The summed E-state index contributed by atoms with van der Waals surface area (Å²) >= 11 is 1.36. The van der Waals surface area contributed by atoms with E-state index in [9.17, 15) is 9.59 Å². The molecular formula is C28H24FN5O6S. The molecule has 210 valence electrons. The molecule has 2 unspecified atom stereocenters. The van der Waals surface area contributed by atoms with Gasteiger partial charge in [-0.25, -0.2) is 33.9 Å². The summed E-state index contributed by atoms with van der Waals surface area (Å²) in [6.07, 6.45) is 0.469. The first-order valence-electron chi connectivity index (χ1n) is 12.4. The van der Waals surface area contributed by atoms with E-state index in [1.807, 2.05) is 19.1 Å². The third-order valence-corrected chi connectivity index (χ3v) is 7.20. The van der Waals surface area contributed by atoms with Crippen LogP contribution in [0.25, 0.3) is 31.8 Å². The highest BCUT2D eigenvalue weighted by Crippen LogP contribution is 2.37. The van der Waals surface area contributed by atoms with E-state index < -0.39 is 30.1 Å². The van der Waals surface area contributed by atoms with Gasteiger partial charge in [0, 0.05) is 17.7 Å². The molecule has 0 fully saturated rings. The van der Waals surface area contributed by atoms with Crippen LogP contribution in [0.15, 0.2) is 48.8 Å². The first-order chi connectivity index (χ1) is 19.6. The second-order valence-electron chi connectivity index (χ2n) is 9.16. The van der Waals surface area contributed by atoms with Crippen molar-refractivity contribution < 1.29 is 33.3 Å². The number of rotatable bonds is 8. The summed E-state index contributed by atoms with van der Waals surface area (Å²) in [5.74, 6) is -1.40. The predicted octanol–water partition coefficient (Wildman–Crippen LogP) is 5.86. The van der Waals surface area contributed by atoms with Crippen molar-refractivity contribution in [1.82, 2.24) is 19.9 Å². The van der Waals surface area contributed by atoms with Crippen molar-refractivity contribution in [3.63, 3.8) is 0 Å². The Morgan fingerprint density at radius 1 is 1.02 bits per heavy atom. The van der Waals surface area contributed by atoms with Crippen molar-refractivity contribution in [3.8, 4) is 22.2 Å². The molecule has 11 nitrogen and oxygen atoms in total. The zero-order valence-electron chi connectivity index (χ0n) is 22.3. The molecule has 0 aliphatic heterocycles. The smallest absolute Gasteiger partial charge is 0.412 e. The van der Waals surface area contributed by atoms with Crippen molar-refractivity contribution in [2.24, 2.45) is 0 Å². The summed E-state index contributed by atoms with van der Waals surface area (Å²) in [6.45, 7) is 5.20. The van der Waals surface area contributed by atoms with Crippen LogP contribution >= 0.6 is 11.3 Å². The van der Waals surface area contributed by atoms with Crippen LogP contribution < -0.4 is 14.8 Å². The molecular weight excluding hydrogens is 553 g/mol. The van der Waals surface area contributed by atoms with Crippen molar-refractivity contribution >= 4 is 50.3 Å². The van der Waals surface area contributed by atoms with Crippen LogP contribution in [-0.4, -0.2) is 56.4 Å². The lowest BCUT2D eigenvalue weighted by Crippen LogP contribution is -2.32. The molecule has 2 aromatic carbocycles. The number of hydrogen-bond donors (Lipinski definition) is 2. The summed E-state index contributed by atoms with van der Waals surface area (Å²) in [6, 6.07) is 9.37. The molecule has 5 rings (SSSR count). The highest BCUT2D eigenvalue weighted by Gasteiger charge is 2.22. The van der Waals surface area contributed by atoms with Gasteiger partial charge in [0.25, 0.3) is 0 Å². The van der Waals surface area contributed by atoms with Crippen molar-refractivity contribution in [2.45, 2.75) is 33.0 Å². The van der Waals surface area contributed by atoms with E-state index in [1.165, 1.54) is 49.0 Å². The highest BCUT2D eigenvalue weighted by atomic mass is 32.1. The lowest BCUT2D eigenvalue weighted by molar-refractivity contribution is 0.0402. The number of hydrogen-bond acceptors (Lipinski definition) is 10. The Kier molecular flexibility index (Phi) is 7.62. The Morgan fingerprint density at radius 2 is 1.83 bits per heavy atom. The van der Waals surface area contributed by atoms with Gasteiger partial charge in [-0.1, -0.05) is 0 Å². The number of halogens is 1. The van der Waals surface area contributed by atoms with Gasteiger partial charge >= 0.3 is 12.1 Å². The molecule has 1 amide bonds. The summed E-state index contributed by atoms with van der Waals surface area (Å²) in [4.78, 5) is 40.6. The van der Waals surface area contributed by atoms with E-state index in [0.717, 1.165) is 11.1 Å². The number of ether oxygens (including phenoxy) is 3. The van der Waals surface area contributed by atoms with Crippen LogP contribution in [0.4, 0.5) is 14.9 Å². The lowest BCUT2D eigenvalue weighted by Gasteiger charge is -2.22. The number of thiazole rings is 1. The molecule has 41 heavy (non-hydrogen) atoms. The Balaban J connectivity index is 1.31. The topological polar surface area (TPSA) is 146 Å². The fraction of sp³-hybridized carbons (Fsp3) is 0.214. The molecule has 5 aromatic rings. The predicted molar refractivity (Wildman–Crippen MR) is 150 cm³/mol. The SMILES string of the molecule is COc1cnc2c(-c3nc4cc(F)c(OC(C)C(C)OC(=O)Nc5ccc(C(=O)O)nc5)cc4s3)cc(C)cc2n1. The molecule has 2 N–H and O–H groups in total. The molecule has 0 spiro atoms. The number of benzene rings is 2. The summed E-state index contributed by atoms with van der Waals surface area (Å²) in [5.41, 5.74) is 3.61. The number of anilines is 1. The lowest BCUT2D eigenvalue weighted by atomic mass is 10.1. The molecule has 0 saturated carbocycles. The maximum Gasteiger partial charge on any atom is 0.412 e. The number of fused-ring (bicyclic) bond motifs is 2. The standard InChI is InChI=1S/C28H24FN5O6S/c1-13-7-17(25-21(8-13)33-24(38-4)12-31-25)26-34-20-9-18(29)22(10-23(20)41-26)39-14(2)15(3)40-28(37)32-16-5-6-19(27(35)36)30-11-16/h5-12,14-15H,1-4H3,(H,32,37)(H,35,36). The van der Waals surface area contributed by atoms with Gasteiger partial charge in [-0.3, -0.25) is 5.32 Å². The number of nitrogens with one attached hydrogen (secondary N) is 1. The van der Waals surface area contributed by atoms with Crippen LogP contribution in [0, 0.1) is 12.7 Å². The largest absolute Gasteiger partial charge is 0.484 e. The van der Waals surface area contributed by atoms with Crippen molar-refractivity contribution in [3.05, 3.63) is 65.9 Å². The summed E-state index contributed by atoms with van der Waals surface area (Å²) in [7, 11) is 1.53. The third-order valence-electron chi connectivity index (χ3n) is 6.15. The number of carbonyl (C=O) groups excluding carboxylic acids is 1. The van der Waals surface area contributed by atoms with E-state index in [1.54, 1.807) is 19.9 Å². The second-order valence-corrected chi connectivity index (χ2v) is 10.2. The number of aromatic nitrogens is 4. The van der Waals surface area contributed by atoms with E-state index in [-0.39, 0.29) is 17.1 Å². The monoisotopic (exact) mass is 577 g/mol. The minimum Gasteiger partial charge on any atom is -0.484 e. The third kappa shape index (κ3) is 5.99. The van der Waals surface area contributed by atoms with E-state index in [4.69, 9.17) is 19.3 Å². The minimum absolute atomic E-state index is 0.0110. The molecule has 13 heteroatoms. The van der Waals surface area contributed by atoms with Crippen LogP contribution in [0.3, 0.4) is 0 Å². The van der Waals surface area contributed by atoms with Gasteiger partial charge < -0.3 is 19.3 Å². The normalized spacial score (nSPS) is 12.6. The number of carboxylic acids is 1. The second kappa shape index (κ2) is 11.3. The maximum absolute atomic E-state index is 15.0. The van der Waals surface area contributed by atoms with Gasteiger partial charge in [-0.2, -0.15) is 0 Å². The van der Waals surface area contributed by atoms with Crippen molar-refractivity contribution in [1.29, 1.82) is 0 Å². The number of amides is 1. The van der Waals surface area contributed by atoms with E-state index in [2.05, 4.69) is 25.3 Å².